The van der Waals surface area contributed by atoms with Gasteiger partial charge in [-0.15, -0.1) is 0 Å². The highest BCUT2D eigenvalue weighted by Gasteiger charge is 2.12. The van der Waals surface area contributed by atoms with E-state index in [2.05, 4.69) is 31.5 Å². The van der Waals surface area contributed by atoms with Gasteiger partial charge in [-0.1, -0.05) is 28.1 Å². The van der Waals surface area contributed by atoms with Crippen LogP contribution in [-0.4, -0.2) is 25.2 Å². The van der Waals surface area contributed by atoms with Gasteiger partial charge in [-0.2, -0.15) is 0 Å². The Labute approximate surface area is 206 Å². The van der Waals surface area contributed by atoms with Gasteiger partial charge in [0.2, 0.25) is 0 Å². The van der Waals surface area contributed by atoms with Gasteiger partial charge in [-0.05, 0) is 61.0 Å². The zero-order chi connectivity index (χ0) is 24.1. The van der Waals surface area contributed by atoms with Crippen molar-refractivity contribution in [3.05, 3.63) is 83.0 Å². The summed E-state index contributed by atoms with van der Waals surface area (Å²) in [6.45, 7) is 1.93. The molecule has 0 saturated heterocycles. The van der Waals surface area contributed by atoms with Gasteiger partial charge in [0.15, 0.2) is 11.5 Å². The maximum atomic E-state index is 12.4. The van der Waals surface area contributed by atoms with E-state index >= 15 is 0 Å². The van der Waals surface area contributed by atoms with Gasteiger partial charge in [0.1, 0.15) is 11.5 Å². The van der Waals surface area contributed by atoms with Gasteiger partial charge in [0, 0.05) is 27.8 Å². The van der Waals surface area contributed by atoms with Gasteiger partial charge in [0.25, 0.3) is 0 Å². The van der Waals surface area contributed by atoms with Crippen molar-refractivity contribution in [2.24, 2.45) is 0 Å². The number of benzene rings is 3. The van der Waals surface area contributed by atoms with Crippen LogP contribution in [0.4, 0.5) is 10.5 Å². The SMILES string of the molecule is COc1cc2nccc(Oc3ccc(NC(=O)N[C@@H](C)c4cccc(Br)c4)cc3)c2cc1OC. The van der Waals surface area contributed by atoms with Gasteiger partial charge in [-0.3, -0.25) is 4.98 Å². The second-order valence-electron chi connectivity index (χ2n) is 7.54. The lowest BCUT2D eigenvalue weighted by molar-refractivity contribution is 0.249. The number of aromatic nitrogens is 1. The lowest BCUT2D eigenvalue weighted by Gasteiger charge is -2.16. The minimum Gasteiger partial charge on any atom is -0.493 e. The summed E-state index contributed by atoms with van der Waals surface area (Å²) in [6, 6.07) is 20.0. The lowest BCUT2D eigenvalue weighted by atomic mass is 10.1. The maximum absolute atomic E-state index is 12.4. The largest absolute Gasteiger partial charge is 0.493 e. The van der Waals surface area contributed by atoms with Gasteiger partial charge in [0.05, 0.1) is 25.8 Å². The van der Waals surface area contributed by atoms with Gasteiger partial charge < -0.3 is 24.8 Å². The number of ether oxygens (including phenoxy) is 3. The molecule has 0 spiro atoms. The number of halogens is 1. The van der Waals surface area contributed by atoms with Gasteiger partial charge in [-0.25, -0.2) is 4.79 Å². The summed E-state index contributed by atoms with van der Waals surface area (Å²) < 4.78 is 17.8. The number of carbonyl (C=O) groups excluding carboxylic acids is 1. The molecule has 1 heterocycles. The molecule has 174 valence electrons. The van der Waals surface area contributed by atoms with Gasteiger partial charge >= 0.3 is 6.03 Å². The first-order chi connectivity index (χ1) is 16.5. The molecule has 0 radical (unpaired) electrons. The van der Waals surface area contributed by atoms with E-state index in [1.807, 2.05) is 43.3 Å². The third-order valence-electron chi connectivity index (χ3n) is 5.24. The predicted octanol–water partition coefficient (Wildman–Crippen LogP) is 6.69. The highest BCUT2D eigenvalue weighted by Crippen LogP contribution is 2.37. The van der Waals surface area contributed by atoms with E-state index in [0.717, 1.165) is 20.9 Å². The Balaban J connectivity index is 1.44. The van der Waals surface area contributed by atoms with Crippen LogP contribution in [0.25, 0.3) is 10.9 Å². The molecule has 0 fully saturated rings. The van der Waals surface area contributed by atoms with E-state index in [0.29, 0.717) is 28.7 Å². The number of pyridine rings is 1. The van der Waals surface area contributed by atoms with Crippen molar-refractivity contribution in [3.8, 4) is 23.0 Å². The summed E-state index contributed by atoms with van der Waals surface area (Å²) in [4.78, 5) is 16.8. The molecule has 4 rings (SSSR count). The first kappa shape index (κ1) is 23.4. The lowest BCUT2D eigenvalue weighted by Crippen LogP contribution is -2.31. The molecule has 3 aromatic carbocycles. The third kappa shape index (κ3) is 5.40. The van der Waals surface area contributed by atoms with Crippen LogP contribution < -0.4 is 24.8 Å². The van der Waals surface area contributed by atoms with E-state index in [9.17, 15) is 4.79 Å². The third-order valence-corrected chi connectivity index (χ3v) is 5.74. The number of anilines is 1. The second-order valence-corrected chi connectivity index (χ2v) is 8.45. The number of carbonyl (C=O) groups is 1. The van der Waals surface area contributed by atoms with Crippen LogP contribution >= 0.6 is 15.9 Å². The van der Waals surface area contributed by atoms with Crippen molar-refractivity contribution < 1.29 is 19.0 Å². The molecule has 1 atom stereocenters. The van der Waals surface area contributed by atoms with E-state index in [-0.39, 0.29) is 12.1 Å². The van der Waals surface area contributed by atoms with Crippen LogP contribution in [0, 0.1) is 0 Å². The molecule has 0 bridgehead atoms. The molecule has 0 saturated carbocycles. The topological polar surface area (TPSA) is 81.7 Å². The molecule has 2 N–H and O–H groups in total. The Morgan fingerprint density at radius 3 is 2.38 bits per heavy atom. The summed E-state index contributed by atoms with van der Waals surface area (Å²) in [5, 5.41) is 6.58. The Morgan fingerprint density at radius 1 is 0.941 bits per heavy atom. The summed E-state index contributed by atoms with van der Waals surface area (Å²) in [6.07, 6.45) is 1.68. The number of methoxy groups -OCH3 is 2. The Morgan fingerprint density at radius 2 is 1.68 bits per heavy atom. The molecule has 1 aromatic heterocycles. The van der Waals surface area contributed by atoms with E-state index in [4.69, 9.17) is 14.2 Å². The zero-order valence-corrected chi connectivity index (χ0v) is 20.5. The molecule has 0 aliphatic rings. The van der Waals surface area contributed by atoms with Crippen molar-refractivity contribution >= 4 is 38.6 Å². The number of urea groups is 1. The first-order valence-electron chi connectivity index (χ1n) is 10.6. The standard InChI is InChI=1S/C26H24BrN3O4/c1-16(17-5-4-6-18(27)13-17)29-26(31)30-19-7-9-20(10-8-19)34-23-11-12-28-22-15-25(33-3)24(32-2)14-21(22)23/h4-16H,1-3H3,(H2,29,30,31)/t16-/m0/s1. The molecule has 8 heteroatoms. The van der Waals surface area contributed by atoms with Crippen LogP contribution in [0.5, 0.6) is 23.0 Å². The van der Waals surface area contributed by atoms with Crippen molar-refractivity contribution in [1.29, 1.82) is 0 Å². The first-order valence-corrected chi connectivity index (χ1v) is 11.4. The quantitative estimate of drug-likeness (QED) is 0.283. The van der Waals surface area contributed by atoms with Crippen molar-refractivity contribution in [1.82, 2.24) is 10.3 Å². The molecule has 0 unspecified atom stereocenters. The Kier molecular flexibility index (Phi) is 7.18. The fraction of sp³-hybridized carbons (Fsp3) is 0.154. The van der Waals surface area contributed by atoms with Crippen LogP contribution in [0.2, 0.25) is 0 Å². The number of hydrogen-bond acceptors (Lipinski definition) is 5. The Bertz CT molecular complexity index is 1310. The zero-order valence-electron chi connectivity index (χ0n) is 19.0. The average Bonchev–Trinajstić information content (AvgIpc) is 2.84. The summed E-state index contributed by atoms with van der Waals surface area (Å²) in [7, 11) is 3.17. The molecule has 0 aliphatic carbocycles. The predicted molar refractivity (Wildman–Crippen MR) is 136 cm³/mol. The minimum absolute atomic E-state index is 0.143. The van der Waals surface area contributed by atoms with Crippen LogP contribution in [0.1, 0.15) is 18.5 Å². The molecule has 34 heavy (non-hydrogen) atoms. The van der Waals surface area contributed by atoms with Crippen LogP contribution in [0.15, 0.2) is 77.4 Å². The molecule has 0 aliphatic heterocycles. The minimum atomic E-state index is -0.290. The van der Waals surface area contributed by atoms with E-state index in [1.165, 1.54) is 0 Å². The fourth-order valence-electron chi connectivity index (χ4n) is 3.49. The van der Waals surface area contributed by atoms with Crippen molar-refractivity contribution in [2.45, 2.75) is 13.0 Å². The summed E-state index contributed by atoms with van der Waals surface area (Å²) in [5.41, 5.74) is 2.38. The number of rotatable bonds is 7. The van der Waals surface area contributed by atoms with E-state index in [1.54, 1.807) is 50.7 Å². The highest BCUT2D eigenvalue weighted by atomic mass is 79.9. The van der Waals surface area contributed by atoms with E-state index < -0.39 is 0 Å². The van der Waals surface area contributed by atoms with Crippen LogP contribution in [0.3, 0.4) is 0 Å². The smallest absolute Gasteiger partial charge is 0.319 e. The summed E-state index contributed by atoms with van der Waals surface area (Å²) in [5.74, 6) is 2.45. The number of fused-ring (bicyclic) bond motifs is 1. The average molecular weight is 522 g/mol. The number of nitrogens with zero attached hydrogens (tertiary/aromatic N) is 1. The fourth-order valence-corrected chi connectivity index (χ4v) is 3.91. The Hall–Kier alpha value is -3.78. The molecule has 7 nitrogen and oxygen atoms in total. The number of amides is 2. The molecular formula is C26H24BrN3O4. The molecule has 4 aromatic rings. The maximum Gasteiger partial charge on any atom is 0.319 e. The molecular weight excluding hydrogens is 498 g/mol. The number of nitrogens with one attached hydrogen (secondary N) is 2. The highest BCUT2D eigenvalue weighted by molar-refractivity contribution is 9.10. The number of hydrogen-bond donors (Lipinski definition) is 2. The van der Waals surface area contributed by atoms with Crippen LogP contribution in [-0.2, 0) is 0 Å². The van der Waals surface area contributed by atoms with Crippen molar-refractivity contribution in [3.63, 3.8) is 0 Å². The summed E-state index contributed by atoms with van der Waals surface area (Å²) >= 11 is 3.45. The molecule has 2 amide bonds. The second kappa shape index (κ2) is 10.4. The normalized spacial score (nSPS) is 11.5. The van der Waals surface area contributed by atoms with Crippen molar-refractivity contribution in [2.75, 3.05) is 19.5 Å². The monoisotopic (exact) mass is 521 g/mol.